The lowest BCUT2D eigenvalue weighted by molar-refractivity contribution is -0.140. The molecule has 2 rings (SSSR count). The van der Waals surface area contributed by atoms with E-state index in [4.69, 9.17) is 0 Å². The van der Waals surface area contributed by atoms with Gasteiger partial charge in [0.2, 0.25) is 0 Å². The summed E-state index contributed by atoms with van der Waals surface area (Å²) in [6.07, 6.45) is 13.2. The highest BCUT2D eigenvalue weighted by Crippen LogP contribution is 2.42. The monoisotopic (exact) mass is 394 g/mol. The van der Waals surface area contributed by atoms with Crippen LogP contribution in [0.5, 0.6) is 0 Å². The number of carbonyl (C=O) groups is 2. The van der Waals surface area contributed by atoms with Crippen LogP contribution >= 0.6 is 0 Å². The van der Waals surface area contributed by atoms with Gasteiger partial charge < -0.3 is 14.9 Å². The fourth-order valence-corrected chi connectivity index (χ4v) is 4.85. The first kappa shape index (κ1) is 23.1. The van der Waals surface area contributed by atoms with Crippen molar-refractivity contribution < 1.29 is 24.5 Å². The van der Waals surface area contributed by atoms with E-state index < -0.39 is 6.10 Å². The van der Waals surface area contributed by atoms with Gasteiger partial charge in [0.25, 0.3) is 0 Å². The summed E-state index contributed by atoms with van der Waals surface area (Å²) in [7, 11) is 1.40. The minimum Gasteiger partial charge on any atom is -0.469 e. The summed E-state index contributed by atoms with van der Waals surface area (Å²) in [5.74, 6) is -0.273. The van der Waals surface area contributed by atoms with Gasteiger partial charge in [-0.15, -0.1) is 0 Å². The third-order valence-electron chi connectivity index (χ3n) is 6.87. The number of rotatable bonds is 11. The molecule has 5 heteroatoms. The maximum absolute atomic E-state index is 12.3. The van der Waals surface area contributed by atoms with Crippen LogP contribution < -0.4 is 0 Å². The number of methoxy groups -OCH3 is 1. The number of esters is 1. The zero-order valence-electron chi connectivity index (χ0n) is 17.6. The van der Waals surface area contributed by atoms with Crippen LogP contribution in [0.2, 0.25) is 0 Å². The standard InChI is InChI=1S/C23H38O5/c1-23(14-7-8-15-23)21(26)12-9-11-18-17(19(24)16-20(18)25)10-5-3-4-6-13-22(27)28-2/h9,11,17-18,20-21,25-26H,3-8,10,12-16H2,1-2H3/t17-,18-,20-,21-/m1/s1. The molecule has 2 saturated carbocycles. The van der Waals surface area contributed by atoms with Gasteiger partial charge in [-0.2, -0.15) is 0 Å². The molecule has 0 unspecified atom stereocenters. The molecule has 0 aliphatic heterocycles. The van der Waals surface area contributed by atoms with Gasteiger partial charge in [-0.25, -0.2) is 0 Å². The second-order valence-corrected chi connectivity index (χ2v) is 8.99. The molecule has 4 atom stereocenters. The van der Waals surface area contributed by atoms with Gasteiger partial charge in [-0.1, -0.05) is 51.2 Å². The summed E-state index contributed by atoms with van der Waals surface area (Å²) in [5.41, 5.74) is 0.0120. The van der Waals surface area contributed by atoms with Crippen LogP contribution in [0.25, 0.3) is 0 Å². The van der Waals surface area contributed by atoms with Gasteiger partial charge in [0.05, 0.1) is 19.3 Å². The van der Waals surface area contributed by atoms with Crippen molar-refractivity contribution in [1.29, 1.82) is 0 Å². The maximum atomic E-state index is 12.3. The number of aliphatic hydroxyl groups is 2. The fraction of sp³-hybridized carbons (Fsp3) is 0.826. The molecular weight excluding hydrogens is 356 g/mol. The lowest BCUT2D eigenvalue weighted by Crippen LogP contribution is -2.29. The minimum atomic E-state index is -0.604. The van der Waals surface area contributed by atoms with Gasteiger partial charge in [-0.3, -0.25) is 9.59 Å². The molecule has 2 fully saturated rings. The molecule has 2 aliphatic carbocycles. The second kappa shape index (κ2) is 11.1. The summed E-state index contributed by atoms with van der Waals surface area (Å²) in [6, 6.07) is 0. The Hall–Kier alpha value is -1.20. The van der Waals surface area contributed by atoms with E-state index in [0.29, 0.717) is 12.8 Å². The molecule has 0 saturated heterocycles. The molecule has 0 aromatic carbocycles. The molecule has 0 spiro atoms. The van der Waals surface area contributed by atoms with E-state index >= 15 is 0 Å². The van der Waals surface area contributed by atoms with Gasteiger partial charge in [0, 0.05) is 24.7 Å². The fourth-order valence-electron chi connectivity index (χ4n) is 4.85. The third kappa shape index (κ3) is 6.41. The van der Waals surface area contributed by atoms with Crippen molar-refractivity contribution >= 4 is 11.8 Å². The minimum absolute atomic E-state index is 0.0120. The average molecular weight is 395 g/mol. The van der Waals surface area contributed by atoms with E-state index in [1.165, 1.54) is 20.0 Å². The number of ketones is 1. The van der Waals surface area contributed by atoms with Gasteiger partial charge >= 0.3 is 5.97 Å². The Labute approximate surface area is 169 Å². The molecule has 2 N–H and O–H groups in total. The van der Waals surface area contributed by atoms with Crippen LogP contribution in [0, 0.1) is 17.3 Å². The zero-order valence-corrected chi connectivity index (χ0v) is 17.6. The molecule has 0 heterocycles. The van der Waals surface area contributed by atoms with E-state index in [1.54, 1.807) is 0 Å². The predicted octanol–water partition coefficient (Wildman–Crippen LogP) is 3.95. The van der Waals surface area contributed by atoms with Crippen LogP contribution in [-0.4, -0.2) is 41.3 Å². The predicted molar refractivity (Wildman–Crippen MR) is 109 cm³/mol. The molecule has 0 bridgehead atoms. The molecule has 160 valence electrons. The SMILES string of the molecule is COC(=O)CCCCCC[C@H]1C(=O)C[C@@H](O)[C@@H]1C=CC[C@@H](O)C1(C)CCCC1. The number of Topliss-reactive ketones (excluding diaryl/α,β-unsaturated/α-hetero) is 1. The van der Waals surface area contributed by atoms with Crippen LogP contribution in [0.1, 0.15) is 84.0 Å². The van der Waals surface area contributed by atoms with E-state index in [-0.39, 0.29) is 41.5 Å². The first-order chi connectivity index (χ1) is 13.4. The molecule has 0 radical (unpaired) electrons. The summed E-state index contributed by atoms with van der Waals surface area (Å²) in [6.45, 7) is 2.16. The number of hydrogen-bond donors (Lipinski definition) is 2. The Balaban J connectivity index is 1.76. The van der Waals surface area contributed by atoms with Crippen LogP contribution in [0.4, 0.5) is 0 Å². The Kier molecular flexibility index (Phi) is 9.16. The number of ether oxygens (including phenoxy) is 1. The maximum Gasteiger partial charge on any atom is 0.305 e. The van der Waals surface area contributed by atoms with Crippen molar-refractivity contribution in [2.45, 2.75) is 96.2 Å². The normalized spacial score (nSPS) is 28.1. The molecule has 0 amide bonds. The van der Waals surface area contributed by atoms with Crippen molar-refractivity contribution in [3.05, 3.63) is 12.2 Å². The zero-order chi connectivity index (χ0) is 20.6. The lowest BCUT2D eigenvalue weighted by Gasteiger charge is -2.29. The van der Waals surface area contributed by atoms with E-state index in [9.17, 15) is 19.8 Å². The Morgan fingerprint density at radius 2 is 1.93 bits per heavy atom. The molecule has 5 nitrogen and oxygen atoms in total. The number of hydrogen-bond acceptors (Lipinski definition) is 5. The van der Waals surface area contributed by atoms with Crippen molar-refractivity contribution in [1.82, 2.24) is 0 Å². The van der Waals surface area contributed by atoms with Gasteiger partial charge in [0.15, 0.2) is 0 Å². The molecule has 0 aromatic rings. The number of aliphatic hydroxyl groups excluding tert-OH is 2. The van der Waals surface area contributed by atoms with E-state index in [2.05, 4.69) is 11.7 Å². The summed E-state index contributed by atoms with van der Waals surface area (Å²) in [4.78, 5) is 23.4. The molecule has 0 aromatic heterocycles. The van der Waals surface area contributed by atoms with Gasteiger partial charge in [-0.05, 0) is 37.5 Å². The van der Waals surface area contributed by atoms with Crippen LogP contribution in [-0.2, 0) is 14.3 Å². The summed E-state index contributed by atoms with van der Waals surface area (Å²) < 4.78 is 4.63. The largest absolute Gasteiger partial charge is 0.469 e. The molecule has 2 aliphatic rings. The van der Waals surface area contributed by atoms with Crippen molar-refractivity contribution in [3.63, 3.8) is 0 Å². The highest BCUT2D eigenvalue weighted by Gasteiger charge is 2.39. The first-order valence-electron chi connectivity index (χ1n) is 11.0. The second-order valence-electron chi connectivity index (χ2n) is 8.99. The van der Waals surface area contributed by atoms with E-state index in [1.807, 2.05) is 12.2 Å². The highest BCUT2D eigenvalue weighted by molar-refractivity contribution is 5.84. The summed E-state index contributed by atoms with van der Waals surface area (Å²) in [5, 5.41) is 20.8. The Bertz CT molecular complexity index is 535. The molecule has 28 heavy (non-hydrogen) atoms. The number of unbranched alkanes of at least 4 members (excludes halogenated alkanes) is 3. The Morgan fingerprint density at radius 1 is 1.25 bits per heavy atom. The lowest BCUT2D eigenvalue weighted by atomic mass is 9.80. The molecular formula is C23H38O5. The topological polar surface area (TPSA) is 83.8 Å². The van der Waals surface area contributed by atoms with Crippen molar-refractivity contribution in [2.24, 2.45) is 17.3 Å². The summed E-state index contributed by atoms with van der Waals surface area (Å²) >= 11 is 0. The number of carbonyl (C=O) groups excluding carboxylic acids is 2. The quantitative estimate of drug-likeness (QED) is 0.315. The van der Waals surface area contributed by atoms with Crippen molar-refractivity contribution in [3.8, 4) is 0 Å². The van der Waals surface area contributed by atoms with Crippen LogP contribution in [0.15, 0.2) is 12.2 Å². The third-order valence-corrected chi connectivity index (χ3v) is 6.87. The first-order valence-corrected chi connectivity index (χ1v) is 11.0. The van der Waals surface area contributed by atoms with Gasteiger partial charge in [0.1, 0.15) is 5.78 Å². The van der Waals surface area contributed by atoms with E-state index in [0.717, 1.165) is 44.9 Å². The Morgan fingerprint density at radius 3 is 2.61 bits per heavy atom. The smallest absolute Gasteiger partial charge is 0.305 e. The van der Waals surface area contributed by atoms with Crippen LogP contribution in [0.3, 0.4) is 0 Å². The highest BCUT2D eigenvalue weighted by atomic mass is 16.5. The van der Waals surface area contributed by atoms with Crippen molar-refractivity contribution in [2.75, 3.05) is 7.11 Å². The average Bonchev–Trinajstić information content (AvgIpc) is 3.22.